The predicted octanol–water partition coefficient (Wildman–Crippen LogP) is 5.19. The summed E-state index contributed by atoms with van der Waals surface area (Å²) in [5.74, 6) is 1.60. The van der Waals surface area contributed by atoms with Gasteiger partial charge in [-0.1, -0.05) is 41.4 Å². The molecule has 2 N–H and O–H groups in total. The minimum atomic E-state index is -0.311. The Labute approximate surface area is 246 Å². The van der Waals surface area contributed by atoms with Crippen LogP contribution in [0.3, 0.4) is 0 Å². The van der Waals surface area contributed by atoms with Crippen LogP contribution in [0.2, 0.25) is 10.0 Å². The van der Waals surface area contributed by atoms with Crippen molar-refractivity contribution in [3.63, 3.8) is 0 Å². The number of imidazole rings is 1. The number of carbonyl (C=O) groups excluding carboxylic acids is 1. The summed E-state index contributed by atoms with van der Waals surface area (Å²) >= 11 is 12.9. The summed E-state index contributed by atoms with van der Waals surface area (Å²) in [5.41, 5.74) is 1.85. The van der Waals surface area contributed by atoms with Gasteiger partial charge in [-0.3, -0.25) is 14.6 Å². The molecule has 2 aliphatic heterocycles. The number of hydrogen-bond acceptors (Lipinski definition) is 6. The van der Waals surface area contributed by atoms with Gasteiger partial charge in [0.1, 0.15) is 17.7 Å². The van der Waals surface area contributed by atoms with Gasteiger partial charge in [0.05, 0.1) is 5.02 Å². The van der Waals surface area contributed by atoms with Gasteiger partial charge in [-0.25, -0.2) is 9.97 Å². The summed E-state index contributed by atoms with van der Waals surface area (Å²) in [6.07, 6.45) is 11.4. The van der Waals surface area contributed by atoms with Crippen molar-refractivity contribution in [3.8, 4) is 11.4 Å². The number of aromatic amines is 1. The van der Waals surface area contributed by atoms with Gasteiger partial charge in [0.15, 0.2) is 0 Å². The summed E-state index contributed by atoms with van der Waals surface area (Å²) < 4.78 is 0. The topological polar surface area (TPSA) is 80.4 Å². The van der Waals surface area contributed by atoms with Gasteiger partial charge in [-0.2, -0.15) is 0 Å². The number of nitrogens with zero attached hydrogens (tertiary/aromatic N) is 5. The number of carbonyl (C=O) groups is 1. The first-order valence-electron chi connectivity index (χ1n) is 14.0. The van der Waals surface area contributed by atoms with Crippen molar-refractivity contribution < 1.29 is 4.79 Å². The molecule has 0 unspecified atom stereocenters. The Morgan fingerprint density at radius 1 is 1.18 bits per heavy atom. The average Bonchev–Trinajstić information content (AvgIpc) is 3.53. The molecule has 3 aromatic rings. The number of piperidine rings is 1. The molecule has 2 aromatic heterocycles. The number of hydrogen-bond donors (Lipinski definition) is 2. The Morgan fingerprint density at radius 2 is 1.95 bits per heavy atom. The van der Waals surface area contributed by atoms with Crippen molar-refractivity contribution >= 4 is 34.9 Å². The van der Waals surface area contributed by atoms with E-state index in [-0.39, 0.29) is 11.9 Å². The molecule has 2 fully saturated rings. The largest absolute Gasteiger partial charge is 0.358 e. The fraction of sp³-hybridized carbons (Fsp3) is 0.433. The monoisotopic (exact) mass is 581 g/mol. The highest BCUT2D eigenvalue weighted by Crippen LogP contribution is 2.33. The molecule has 0 aliphatic carbocycles. The van der Waals surface area contributed by atoms with Gasteiger partial charge in [0.2, 0.25) is 5.91 Å². The minimum absolute atomic E-state index is 0.0145. The number of halogens is 2. The number of benzene rings is 1. The zero-order valence-corrected chi connectivity index (χ0v) is 24.4. The van der Waals surface area contributed by atoms with E-state index in [2.05, 4.69) is 36.6 Å². The zero-order chi connectivity index (χ0) is 28.1. The number of likely N-dealkylation sites (tertiary alicyclic amines) is 1. The second-order valence-electron chi connectivity index (χ2n) is 10.5. The van der Waals surface area contributed by atoms with E-state index in [1.165, 1.54) is 0 Å². The van der Waals surface area contributed by atoms with Gasteiger partial charge >= 0.3 is 0 Å². The SMILES string of the molecule is C=CCC[C@H]1CN(c2ncc(-c3ncc[nH]3)cc2Cl)CCN1C1CCN([C@H](C(=O)NC)c2ccc(Cl)cc2)CC1. The molecule has 0 spiro atoms. The van der Waals surface area contributed by atoms with E-state index in [1.54, 1.807) is 19.4 Å². The molecular formula is C30H37Cl2N7O. The summed E-state index contributed by atoms with van der Waals surface area (Å²) in [5, 5.41) is 4.17. The van der Waals surface area contributed by atoms with Crippen molar-refractivity contribution in [1.82, 2.24) is 30.1 Å². The molecule has 4 heterocycles. The van der Waals surface area contributed by atoms with Crippen LogP contribution in [-0.4, -0.2) is 82.5 Å². The molecule has 8 nitrogen and oxygen atoms in total. The minimum Gasteiger partial charge on any atom is -0.358 e. The smallest absolute Gasteiger partial charge is 0.241 e. The van der Waals surface area contributed by atoms with Crippen molar-refractivity contribution in [2.75, 3.05) is 44.7 Å². The van der Waals surface area contributed by atoms with Gasteiger partial charge < -0.3 is 15.2 Å². The van der Waals surface area contributed by atoms with E-state index in [1.807, 2.05) is 42.6 Å². The van der Waals surface area contributed by atoms with Crippen LogP contribution in [0.25, 0.3) is 11.4 Å². The molecular weight excluding hydrogens is 545 g/mol. The number of rotatable bonds is 9. The highest BCUT2D eigenvalue weighted by molar-refractivity contribution is 6.33. The lowest BCUT2D eigenvalue weighted by atomic mass is 9.94. The van der Waals surface area contributed by atoms with Crippen molar-refractivity contribution in [2.24, 2.45) is 0 Å². The number of amides is 1. The number of piperazine rings is 1. The lowest BCUT2D eigenvalue weighted by molar-refractivity contribution is -0.127. The Balaban J connectivity index is 1.26. The Morgan fingerprint density at radius 3 is 2.60 bits per heavy atom. The van der Waals surface area contributed by atoms with Gasteiger partial charge in [0.25, 0.3) is 0 Å². The van der Waals surface area contributed by atoms with E-state index in [9.17, 15) is 4.79 Å². The second-order valence-corrected chi connectivity index (χ2v) is 11.4. The highest BCUT2D eigenvalue weighted by atomic mass is 35.5. The summed E-state index contributed by atoms with van der Waals surface area (Å²) in [7, 11) is 1.70. The van der Waals surface area contributed by atoms with Crippen LogP contribution < -0.4 is 10.2 Å². The summed E-state index contributed by atoms with van der Waals surface area (Å²) in [6.45, 7) is 8.37. The number of aromatic nitrogens is 3. The van der Waals surface area contributed by atoms with Crippen molar-refractivity contribution in [3.05, 3.63) is 77.2 Å². The van der Waals surface area contributed by atoms with Crippen LogP contribution in [0, 0.1) is 0 Å². The van der Waals surface area contributed by atoms with Gasteiger partial charge in [0, 0.05) is 81.0 Å². The van der Waals surface area contributed by atoms with Crippen molar-refractivity contribution in [2.45, 2.75) is 43.8 Å². The average molecular weight is 583 g/mol. The number of pyridine rings is 1. The van der Waals surface area contributed by atoms with Gasteiger partial charge in [-0.05, 0) is 49.4 Å². The summed E-state index contributed by atoms with van der Waals surface area (Å²) in [4.78, 5) is 32.4. The molecule has 1 aromatic carbocycles. The first-order valence-corrected chi connectivity index (χ1v) is 14.7. The standard InChI is InChI=1S/C30H37Cl2N7O/c1-3-4-5-25-20-38(29-26(32)18-22(19-36-29)28-34-12-13-35-28)16-17-39(25)24-10-14-37(15-11-24)27(30(40)33-2)21-6-8-23(31)9-7-21/h3,6-9,12-13,18-19,24-25,27H,1,4-5,10-11,14-17,20H2,2H3,(H,33,40)(H,34,35)/t25-,27-/m0/s1. The molecule has 0 bridgehead atoms. The number of likely N-dealkylation sites (N-methyl/N-ethyl adjacent to an activating group) is 1. The Kier molecular flexibility index (Phi) is 9.42. The van der Waals surface area contributed by atoms with E-state index in [0.29, 0.717) is 22.1 Å². The van der Waals surface area contributed by atoms with E-state index < -0.39 is 0 Å². The molecule has 212 valence electrons. The maximum atomic E-state index is 12.9. The quantitative estimate of drug-likeness (QED) is 0.339. The van der Waals surface area contributed by atoms with Gasteiger partial charge in [-0.15, -0.1) is 6.58 Å². The van der Waals surface area contributed by atoms with E-state index >= 15 is 0 Å². The molecule has 10 heteroatoms. The summed E-state index contributed by atoms with van der Waals surface area (Å²) in [6, 6.07) is 10.1. The maximum Gasteiger partial charge on any atom is 0.241 e. The molecule has 0 saturated carbocycles. The van der Waals surface area contributed by atoms with Crippen LogP contribution in [0.4, 0.5) is 5.82 Å². The second kappa shape index (κ2) is 13.2. The normalized spacial score (nSPS) is 19.9. The fourth-order valence-electron chi connectivity index (χ4n) is 6.11. The van der Waals surface area contributed by atoms with Crippen LogP contribution >= 0.6 is 23.2 Å². The predicted molar refractivity (Wildman–Crippen MR) is 162 cm³/mol. The van der Waals surface area contributed by atoms with Crippen LogP contribution in [0.1, 0.15) is 37.3 Å². The Bertz CT molecular complexity index is 1280. The molecule has 1 amide bonds. The van der Waals surface area contributed by atoms with E-state index in [4.69, 9.17) is 28.2 Å². The molecule has 2 aliphatic rings. The third-order valence-corrected chi connectivity index (χ3v) is 8.67. The first kappa shape index (κ1) is 28.6. The fourth-order valence-corrected chi connectivity index (χ4v) is 6.52. The number of H-pyrrole nitrogens is 1. The number of anilines is 1. The zero-order valence-electron chi connectivity index (χ0n) is 22.9. The third-order valence-electron chi connectivity index (χ3n) is 8.14. The molecule has 2 atom stereocenters. The molecule has 0 radical (unpaired) electrons. The van der Waals surface area contributed by atoms with E-state index in [0.717, 1.165) is 81.2 Å². The Hall–Kier alpha value is -2.91. The number of allylic oxidation sites excluding steroid dienone is 1. The highest BCUT2D eigenvalue weighted by Gasteiger charge is 2.37. The lowest BCUT2D eigenvalue weighted by Gasteiger charge is -2.48. The molecule has 40 heavy (non-hydrogen) atoms. The van der Waals surface area contributed by atoms with Crippen LogP contribution in [0.15, 0.2) is 61.6 Å². The lowest BCUT2D eigenvalue weighted by Crippen LogP contribution is -2.59. The van der Waals surface area contributed by atoms with Crippen molar-refractivity contribution in [1.29, 1.82) is 0 Å². The van der Waals surface area contributed by atoms with Crippen LogP contribution in [0.5, 0.6) is 0 Å². The third kappa shape index (κ3) is 6.36. The molecule has 2 saturated heterocycles. The molecule has 5 rings (SSSR count). The first-order chi connectivity index (χ1) is 19.5. The maximum absolute atomic E-state index is 12.9. The number of nitrogens with one attached hydrogen (secondary N) is 2. The van der Waals surface area contributed by atoms with Crippen LogP contribution in [-0.2, 0) is 4.79 Å².